The Labute approximate surface area is 164 Å². The third-order valence-electron chi connectivity index (χ3n) is 4.55. The first-order valence-corrected chi connectivity index (χ1v) is 9.36. The van der Waals surface area contributed by atoms with E-state index in [4.69, 9.17) is 0 Å². The second-order valence-corrected chi connectivity index (χ2v) is 6.49. The molecule has 0 aromatic carbocycles. The molecule has 24 heavy (non-hydrogen) atoms. The molecule has 1 aliphatic rings. The van der Waals surface area contributed by atoms with Gasteiger partial charge in [-0.1, -0.05) is 32.1 Å². The molecule has 138 valence electrons. The standard InChI is InChI=1S/C18H33N5.HI/c1-2-20-18(22-12-7-14-23-15-13-19-16-23)21-11-6-10-17-8-4-3-5-9-17;/h13,15-17H,2-12,14H2,1H3,(H2,20,21,22);1H. The number of hydrogen-bond acceptors (Lipinski definition) is 2. The Kier molecular flexibility index (Phi) is 12.0. The number of nitrogens with zero attached hydrogens (tertiary/aromatic N) is 3. The van der Waals surface area contributed by atoms with Gasteiger partial charge in [-0.2, -0.15) is 0 Å². The molecule has 0 amide bonds. The lowest BCUT2D eigenvalue weighted by Gasteiger charge is -2.21. The third kappa shape index (κ3) is 8.89. The first kappa shape index (κ1) is 21.3. The van der Waals surface area contributed by atoms with Crippen LogP contribution in [0.3, 0.4) is 0 Å². The highest BCUT2D eigenvalue weighted by atomic mass is 127. The van der Waals surface area contributed by atoms with E-state index in [9.17, 15) is 0 Å². The van der Waals surface area contributed by atoms with Crippen molar-refractivity contribution >= 4 is 29.9 Å². The van der Waals surface area contributed by atoms with Crippen LogP contribution in [0.2, 0.25) is 0 Å². The zero-order chi connectivity index (χ0) is 16.2. The van der Waals surface area contributed by atoms with Crippen molar-refractivity contribution < 1.29 is 0 Å². The number of halogens is 1. The molecule has 0 atom stereocenters. The predicted octanol–water partition coefficient (Wildman–Crippen LogP) is 3.81. The fourth-order valence-corrected chi connectivity index (χ4v) is 3.28. The molecule has 1 saturated carbocycles. The number of hydrogen-bond donors (Lipinski definition) is 2. The van der Waals surface area contributed by atoms with Gasteiger partial charge in [0, 0.05) is 38.6 Å². The molecule has 0 unspecified atom stereocenters. The van der Waals surface area contributed by atoms with Crippen molar-refractivity contribution in [2.45, 2.75) is 64.8 Å². The average Bonchev–Trinajstić information content (AvgIpc) is 3.10. The molecule has 2 rings (SSSR count). The molecule has 6 heteroatoms. The van der Waals surface area contributed by atoms with Crippen LogP contribution in [-0.4, -0.2) is 35.1 Å². The number of aliphatic imine (C=N–C) groups is 1. The molecule has 0 bridgehead atoms. The van der Waals surface area contributed by atoms with E-state index >= 15 is 0 Å². The van der Waals surface area contributed by atoms with Gasteiger partial charge in [0.1, 0.15) is 0 Å². The highest BCUT2D eigenvalue weighted by Crippen LogP contribution is 2.26. The predicted molar refractivity (Wildman–Crippen MR) is 112 cm³/mol. The van der Waals surface area contributed by atoms with E-state index in [1.54, 1.807) is 0 Å². The molecule has 5 nitrogen and oxygen atoms in total. The topological polar surface area (TPSA) is 54.2 Å². The Morgan fingerprint density at radius 3 is 2.75 bits per heavy atom. The van der Waals surface area contributed by atoms with E-state index in [-0.39, 0.29) is 24.0 Å². The van der Waals surface area contributed by atoms with Gasteiger partial charge >= 0.3 is 0 Å². The summed E-state index contributed by atoms with van der Waals surface area (Å²) >= 11 is 0. The SMILES string of the molecule is CCNC(=NCCCn1ccnc1)NCCCC1CCCCC1.I. The van der Waals surface area contributed by atoms with Crippen LogP contribution >= 0.6 is 24.0 Å². The van der Waals surface area contributed by atoms with E-state index < -0.39 is 0 Å². The fraction of sp³-hybridized carbons (Fsp3) is 0.778. The summed E-state index contributed by atoms with van der Waals surface area (Å²) in [5, 5.41) is 6.81. The van der Waals surface area contributed by atoms with Crippen molar-refractivity contribution in [1.29, 1.82) is 0 Å². The van der Waals surface area contributed by atoms with Gasteiger partial charge < -0.3 is 15.2 Å². The Bertz CT molecular complexity index is 427. The second-order valence-electron chi connectivity index (χ2n) is 6.49. The lowest BCUT2D eigenvalue weighted by molar-refractivity contribution is 0.332. The molecular weight excluding hydrogens is 413 g/mol. The third-order valence-corrected chi connectivity index (χ3v) is 4.55. The molecule has 0 aliphatic heterocycles. The second kappa shape index (κ2) is 13.5. The van der Waals surface area contributed by atoms with Crippen molar-refractivity contribution in [3.05, 3.63) is 18.7 Å². The normalized spacial score (nSPS) is 15.8. The summed E-state index contributed by atoms with van der Waals surface area (Å²) in [6.45, 7) is 5.88. The van der Waals surface area contributed by atoms with Gasteiger partial charge in [0.15, 0.2) is 5.96 Å². The summed E-state index contributed by atoms with van der Waals surface area (Å²) in [4.78, 5) is 8.71. The molecule has 0 spiro atoms. The smallest absolute Gasteiger partial charge is 0.191 e. The molecule has 1 aromatic heterocycles. The van der Waals surface area contributed by atoms with Crippen molar-refractivity contribution in [3.63, 3.8) is 0 Å². The molecule has 0 saturated heterocycles. The maximum absolute atomic E-state index is 4.66. The average molecular weight is 447 g/mol. The van der Waals surface area contributed by atoms with Gasteiger partial charge in [-0.05, 0) is 32.1 Å². The van der Waals surface area contributed by atoms with Crippen molar-refractivity contribution in [2.24, 2.45) is 10.9 Å². The van der Waals surface area contributed by atoms with E-state index in [1.165, 1.54) is 44.9 Å². The van der Waals surface area contributed by atoms with Crippen LogP contribution in [0, 0.1) is 5.92 Å². The van der Waals surface area contributed by atoms with Gasteiger partial charge in [0.2, 0.25) is 0 Å². The van der Waals surface area contributed by atoms with Gasteiger partial charge in [-0.3, -0.25) is 4.99 Å². The highest BCUT2D eigenvalue weighted by molar-refractivity contribution is 14.0. The Hall–Kier alpha value is -0.790. The maximum Gasteiger partial charge on any atom is 0.191 e. The van der Waals surface area contributed by atoms with Crippen molar-refractivity contribution in [2.75, 3.05) is 19.6 Å². The minimum atomic E-state index is 0. The van der Waals surface area contributed by atoms with Crippen LogP contribution in [-0.2, 0) is 6.54 Å². The fourth-order valence-electron chi connectivity index (χ4n) is 3.28. The number of guanidine groups is 1. The van der Waals surface area contributed by atoms with Crippen LogP contribution in [0.1, 0.15) is 58.3 Å². The Morgan fingerprint density at radius 1 is 1.21 bits per heavy atom. The van der Waals surface area contributed by atoms with Crippen LogP contribution in [0.15, 0.2) is 23.7 Å². The first-order valence-electron chi connectivity index (χ1n) is 9.36. The molecule has 1 aromatic rings. The van der Waals surface area contributed by atoms with E-state index in [1.807, 2.05) is 18.7 Å². The van der Waals surface area contributed by atoms with Crippen LogP contribution in [0.25, 0.3) is 0 Å². The van der Waals surface area contributed by atoms with Gasteiger partial charge in [-0.15, -0.1) is 24.0 Å². The van der Waals surface area contributed by atoms with Crippen molar-refractivity contribution in [1.82, 2.24) is 20.2 Å². The molecule has 1 aliphatic carbocycles. The minimum absolute atomic E-state index is 0. The zero-order valence-corrected chi connectivity index (χ0v) is 17.4. The van der Waals surface area contributed by atoms with E-state index in [0.29, 0.717) is 0 Å². The number of imidazole rings is 1. The van der Waals surface area contributed by atoms with Crippen LogP contribution in [0.5, 0.6) is 0 Å². The summed E-state index contributed by atoms with van der Waals surface area (Å²) < 4.78 is 2.10. The largest absolute Gasteiger partial charge is 0.357 e. The zero-order valence-electron chi connectivity index (χ0n) is 15.0. The summed E-state index contributed by atoms with van der Waals surface area (Å²) in [5.41, 5.74) is 0. The molecular formula is C18H34IN5. The summed E-state index contributed by atoms with van der Waals surface area (Å²) in [7, 11) is 0. The number of nitrogens with one attached hydrogen (secondary N) is 2. The maximum atomic E-state index is 4.66. The Morgan fingerprint density at radius 2 is 2.04 bits per heavy atom. The minimum Gasteiger partial charge on any atom is -0.357 e. The van der Waals surface area contributed by atoms with Crippen LogP contribution in [0.4, 0.5) is 0 Å². The number of rotatable bonds is 9. The van der Waals surface area contributed by atoms with Gasteiger partial charge in [0.25, 0.3) is 0 Å². The quantitative estimate of drug-likeness (QED) is 0.262. The Balaban J connectivity index is 0.00000288. The molecule has 2 N–H and O–H groups in total. The summed E-state index contributed by atoms with van der Waals surface area (Å²) in [6.07, 6.45) is 16.6. The lowest BCUT2D eigenvalue weighted by Crippen LogP contribution is -2.38. The summed E-state index contributed by atoms with van der Waals surface area (Å²) in [5.74, 6) is 1.93. The van der Waals surface area contributed by atoms with E-state index in [0.717, 1.165) is 44.5 Å². The van der Waals surface area contributed by atoms with E-state index in [2.05, 4.69) is 32.1 Å². The first-order chi connectivity index (χ1) is 11.4. The van der Waals surface area contributed by atoms with Gasteiger partial charge in [0.05, 0.1) is 6.33 Å². The monoisotopic (exact) mass is 447 g/mol. The van der Waals surface area contributed by atoms with Crippen molar-refractivity contribution in [3.8, 4) is 0 Å². The summed E-state index contributed by atoms with van der Waals surface area (Å²) in [6, 6.07) is 0. The highest BCUT2D eigenvalue weighted by Gasteiger charge is 2.12. The molecule has 1 fully saturated rings. The number of aromatic nitrogens is 2. The molecule has 0 radical (unpaired) electrons. The molecule has 1 heterocycles. The lowest BCUT2D eigenvalue weighted by atomic mass is 9.86. The van der Waals surface area contributed by atoms with Crippen LogP contribution < -0.4 is 10.6 Å². The van der Waals surface area contributed by atoms with Gasteiger partial charge in [-0.25, -0.2) is 4.98 Å². The number of aryl methyl sites for hydroxylation is 1.